The molecule has 3 N–H and O–H groups in total. The number of aromatic amines is 1. The van der Waals surface area contributed by atoms with Gasteiger partial charge in [0, 0.05) is 5.56 Å². The first-order valence-corrected chi connectivity index (χ1v) is 4.61. The number of anilines is 1. The van der Waals surface area contributed by atoms with E-state index in [0.29, 0.717) is 5.82 Å². The van der Waals surface area contributed by atoms with E-state index in [4.69, 9.17) is 10.2 Å². The first kappa shape index (κ1) is 8.87. The maximum absolute atomic E-state index is 5.72. The maximum atomic E-state index is 5.72. The molecule has 14 heavy (non-hydrogen) atoms. The van der Waals surface area contributed by atoms with Gasteiger partial charge in [-0.15, -0.1) is 0 Å². The highest BCUT2D eigenvalue weighted by Gasteiger charge is 2.14. The minimum atomic E-state index is 0.554. The highest BCUT2D eigenvalue weighted by Crippen LogP contribution is 2.28. The summed E-state index contributed by atoms with van der Waals surface area (Å²) in [5.74, 6) is 1.38. The molecule has 0 spiro atoms. The van der Waals surface area contributed by atoms with E-state index in [9.17, 15) is 0 Å². The third-order valence-electron chi connectivity index (χ3n) is 2.34. The Balaban J connectivity index is 2.57. The van der Waals surface area contributed by atoms with Gasteiger partial charge in [-0.05, 0) is 25.0 Å². The maximum Gasteiger partial charge on any atom is 0.154 e. The van der Waals surface area contributed by atoms with Gasteiger partial charge in [0.2, 0.25) is 0 Å². The lowest BCUT2D eigenvalue weighted by Gasteiger charge is -1.98. The topological polar surface area (TPSA) is 67.8 Å². The van der Waals surface area contributed by atoms with E-state index in [0.717, 1.165) is 29.0 Å². The number of aromatic nitrogens is 2. The average molecular weight is 191 g/mol. The molecular formula is C10H13N3O. The van der Waals surface area contributed by atoms with E-state index in [1.165, 1.54) is 0 Å². The van der Waals surface area contributed by atoms with Crippen LogP contribution in [0.2, 0.25) is 0 Å². The van der Waals surface area contributed by atoms with E-state index in [2.05, 4.69) is 10.2 Å². The van der Waals surface area contributed by atoms with Crippen molar-refractivity contribution in [1.29, 1.82) is 0 Å². The minimum Gasteiger partial charge on any atom is -0.462 e. The molecular weight excluding hydrogens is 178 g/mol. The summed E-state index contributed by atoms with van der Waals surface area (Å²) >= 11 is 0. The van der Waals surface area contributed by atoms with Gasteiger partial charge in [0.1, 0.15) is 11.5 Å². The van der Waals surface area contributed by atoms with Crippen LogP contribution < -0.4 is 5.73 Å². The Morgan fingerprint density at radius 2 is 2.36 bits per heavy atom. The van der Waals surface area contributed by atoms with Crippen LogP contribution >= 0.6 is 0 Å². The lowest BCUT2D eigenvalue weighted by atomic mass is 10.1. The Morgan fingerprint density at radius 3 is 2.93 bits per heavy atom. The summed E-state index contributed by atoms with van der Waals surface area (Å²) in [6.07, 6.45) is 2.51. The SMILES string of the molecule is CCc1c(N)n[nH]c1-c1occc1C. The van der Waals surface area contributed by atoms with Gasteiger partial charge in [0.25, 0.3) is 0 Å². The fourth-order valence-corrected chi connectivity index (χ4v) is 1.55. The van der Waals surface area contributed by atoms with Gasteiger partial charge in [-0.3, -0.25) is 5.10 Å². The summed E-state index contributed by atoms with van der Waals surface area (Å²) in [5, 5.41) is 6.88. The van der Waals surface area contributed by atoms with Crippen molar-refractivity contribution in [3.63, 3.8) is 0 Å². The van der Waals surface area contributed by atoms with Crippen molar-refractivity contribution < 1.29 is 4.42 Å². The number of aryl methyl sites for hydroxylation is 1. The van der Waals surface area contributed by atoms with E-state index >= 15 is 0 Å². The number of nitrogens with one attached hydrogen (secondary N) is 1. The number of nitrogen functional groups attached to an aromatic ring is 1. The predicted molar refractivity (Wildman–Crippen MR) is 54.8 cm³/mol. The lowest BCUT2D eigenvalue weighted by Crippen LogP contribution is -1.90. The molecule has 0 radical (unpaired) electrons. The Bertz CT molecular complexity index is 442. The Morgan fingerprint density at radius 1 is 1.57 bits per heavy atom. The molecule has 0 bridgehead atoms. The third kappa shape index (κ3) is 1.19. The molecule has 2 aromatic heterocycles. The molecule has 4 heteroatoms. The molecule has 0 saturated carbocycles. The Labute approximate surface area is 82.1 Å². The van der Waals surface area contributed by atoms with E-state index in [1.54, 1.807) is 6.26 Å². The van der Waals surface area contributed by atoms with Crippen molar-refractivity contribution in [1.82, 2.24) is 10.2 Å². The fraction of sp³-hybridized carbons (Fsp3) is 0.300. The van der Waals surface area contributed by atoms with Crippen LogP contribution in [0.25, 0.3) is 11.5 Å². The zero-order valence-electron chi connectivity index (χ0n) is 8.29. The summed E-state index contributed by atoms with van der Waals surface area (Å²) in [5.41, 5.74) is 8.72. The van der Waals surface area contributed by atoms with E-state index in [-0.39, 0.29) is 0 Å². The first-order chi connectivity index (χ1) is 6.74. The van der Waals surface area contributed by atoms with Crippen LogP contribution in [-0.4, -0.2) is 10.2 Å². The number of hydrogen-bond acceptors (Lipinski definition) is 3. The molecule has 0 aromatic carbocycles. The van der Waals surface area contributed by atoms with Crippen molar-refractivity contribution in [2.75, 3.05) is 5.73 Å². The van der Waals surface area contributed by atoms with Crippen molar-refractivity contribution in [3.05, 3.63) is 23.5 Å². The van der Waals surface area contributed by atoms with Gasteiger partial charge in [0.05, 0.1) is 6.26 Å². The monoisotopic (exact) mass is 191 g/mol. The lowest BCUT2D eigenvalue weighted by molar-refractivity contribution is 0.577. The minimum absolute atomic E-state index is 0.554. The fourth-order valence-electron chi connectivity index (χ4n) is 1.55. The summed E-state index contributed by atoms with van der Waals surface area (Å²) in [6, 6.07) is 1.92. The van der Waals surface area contributed by atoms with Gasteiger partial charge < -0.3 is 10.2 Å². The molecule has 0 aliphatic heterocycles. The predicted octanol–water partition coefficient (Wildman–Crippen LogP) is 2.12. The molecule has 0 atom stereocenters. The number of H-pyrrole nitrogens is 1. The quantitative estimate of drug-likeness (QED) is 0.764. The second kappa shape index (κ2) is 3.21. The van der Waals surface area contributed by atoms with Crippen molar-refractivity contribution in [2.24, 2.45) is 0 Å². The molecule has 0 aliphatic rings. The molecule has 2 heterocycles. The molecule has 0 amide bonds. The molecule has 0 saturated heterocycles. The summed E-state index contributed by atoms with van der Waals surface area (Å²) in [6.45, 7) is 4.04. The van der Waals surface area contributed by atoms with Crippen LogP contribution in [0, 0.1) is 6.92 Å². The van der Waals surface area contributed by atoms with Crippen molar-refractivity contribution in [3.8, 4) is 11.5 Å². The van der Waals surface area contributed by atoms with Crippen LogP contribution in [0.5, 0.6) is 0 Å². The van der Waals surface area contributed by atoms with Gasteiger partial charge in [0.15, 0.2) is 5.76 Å². The number of nitrogens with zero attached hydrogens (tertiary/aromatic N) is 1. The largest absolute Gasteiger partial charge is 0.462 e. The van der Waals surface area contributed by atoms with Crippen LogP contribution in [-0.2, 0) is 6.42 Å². The standard InChI is InChI=1S/C10H13N3O/c1-3-7-8(12-13-10(7)11)9-6(2)4-5-14-9/h4-5H,3H2,1-2H3,(H3,11,12,13). The molecule has 2 rings (SSSR count). The van der Waals surface area contributed by atoms with Gasteiger partial charge in [-0.2, -0.15) is 5.10 Å². The van der Waals surface area contributed by atoms with Crippen molar-refractivity contribution in [2.45, 2.75) is 20.3 Å². The zero-order valence-corrected chi connectivity index (χ0v) is 8.29. The average Bonchev–Trinajstić information content (AvgIpc) is 2.71. The second-order valence-electron chi connectivity index (χ2n) is 3.25. The Kier molecular flexibility index (Phi) is 2.04. The van der Waals surface area contributed by atoms with Gasteiger partial charge in [-0.25, -0.2) is 0 Å². The normalized spacial score (nSPS) is 10.7. The molecule has 0 unspecified atom stereocenters. The highest BCUT2D eigenvalue weighted by molar-refractivity contribution is 5.66. The van der Waals surface area contributed by atoms with Gasteiger partial charge >= 0.3 is 0 Å². The number of hydrogen-bond donors (Lipinski definition) is 2. The van der Waals surface area contributed by atoms with E-state index in [1.807, 2.05) is 19.9 Å². The molecule has 0 fully saturated rings. The molecule has 4 nitrogen and oxygen atoms in total. The smallest absolute Gasteiger partial charge is 0.154 e. The summed E-state index contributed by atoms with van der Waals surface area (Å²) in [7, 11) is 0. The van der Waals surface area contributed by atoms with Crippen LogP contribution in [0.15, 0.2) is 16.7 Å². The van der Waals surface area contributed by atoms with Crippen LogP contribution in [0.3, 0.4) is 0 Å². The molecule has 74 valence electrons. The Hall–Kier alpha value is -1.71. The highest BCUT2D eigenvalue weighted by atomic mass is 16.3. The van der Waals surface area contributed by atoms with Crippen LogP contribution in [0.1, 0.15) is 18.1 Å². The summed E-state index contributed by atoms with van der Waals surface area (Å²) < 4.78 is 5.38. The third-order valence-corrected chi connectivity index (χ3v) is 2.34. The number of furan rings is 1. The second-order valence-corrected chi connectivity index (χ2v) is 3.25. The summed E-state index contributed by atoms with van der Waals surface area (Å²) in [4.78, 5) is 0. The molecule has 0 aliphatic carbocycles. The van der Waals surface area contributed by atoms with Crippen LogP contribution in [0.4, 0.5) is 5.82 Å². The molecule has 2 aromatic rings. The zero-order chi connectivity index (χ0) is 10.1. The number of nitrogens with two attached hydrogens (primary N) is 1. The first-order valence-electron chi connectivity index (χ1n) is 4.61. The van der Waals surface area contributed by atoms with E-state index < -0.39 is 0 Å². The van der Waals surface area contributed by atoms with Crippen molar-refractivity contribution >= 4 is 5.82 Å². The number of rotatable bonds is 2. The van der Waals surface area contributed by atoms with Gasteiger partial charge in [-0.1, -0.05) is 6.92 Å².